The first-order chi connectivity index (χ1) is 23.1. The molecule has 3 heteroatoms. The van der Waals surface area contributed by atoms with E-state index < -0.39 is 0 Å². The van der Waals surface area contributed by atoms with Crippen molar-refractivity contribution in [1.82, 2.24) is 0 Å². The second-order valence-corrected chi connectivity index (χ2v) is 20.8. The lowest BCUT2D eigenvalue weighted by Crippen LogP contribution is -2.67. The van der Waals surface area contributed by atoms with Gasteiger partial charge in [0, 0.05) is 33.6 Å². The van der Waals surface area contributed by atoms with Crippen LogP contribution in [0.3, 0.4) is 0 Å². The van der Waals surface area contributed by atoms with Crippen molar-refractivity contribution in [2.24, 2.45) is 11.8 Å². The van der Waals surface area contributed by atoms with Crippen molar-refractivity contribution in [1.29, 1.82) is 0 Å². The largest absolute Gasteiger partial charge is 0.335 e. The molecule has 3 aromatic rings. The average Bonchev–Trinajstić information content (AvgIpc) is 3.38. The van der Waals surface area contributed by atoms with Crippen molar-refractivity contribution in [2.45, 2.75) is 166 Å². The molecular weight excluding hydrogens is 591 g/mol. The number of anilines is 4. The molecule has 256 valence electrons. The van der Waals surface area contributed by atoms with Gasteiger partial charge in [-0.1, -0.05) is 124 Å². The van der Waals surface area contributed by atoms with Crippen LogP contribution in [-0.2, 0) is 21.7 Å². The maximum Gasteiger partial charge on any atom is 0.252 e. The van der Waals surface area contributed by atoms with Crippen molar-refractivity contribution >= 4 is 45.9 Å². The zero-order chi connectivity index (χ0) is 34.3. The highest BCUT2D eigenvalue weighted by molar-refractivity contribution is 7.00. The number of nitrogens with zero attached hydrogens (tertiary/aromatic N) is 2. The molecule has 10 rings (SSSR count). The molecule has 3 aliphatic carbocycles. The van der Waals surface area contributed by atoms with Crippen LogP contribution in [-0.4, -0.2) is 17.8 Å². The van der Waals surface area contributed by atoms with E-state index in [1.54, 1.807) is 50.0 Å². The van der Waals surface area contributed by atoms with E-state index in [1.165, 1.54) is 75.6 Å². The molecule has 0 N–H and O–H groups in total. The van der Waals surface area contributed by atoms with E-state index in [0.717, 1.165) is 11.8 Å². The van der Waals surface area contributed by atoms with Gasteiger partial charge >= 0.3 is 0 Å². The maximum atomic E-state index is 2.99. The van der Waals surface area contributed by atoms with Crippen LogP contribution in [0.15, 0.2) is 42.5 Å². The summed E-state index contributed by atoms with van der Waals surface area (Å²) in [6.07, 6.45) is 13.5. The van der Waals surface area contributed by atoms with Gasteiger partial charge in [-0.15, -0.1) is 0 Å². The molecule has 7 aliphatic rings. The molecule has 3 aromatic carbocycles. The molecule has 3 fully saturated rings. The Hall–Kier alpha value is -2.68. The van der Waals surface area contributed by atoms with Crippen LogP contribution in [0.2, 0.25) is 0 Å². The van der Waals surface area contributed by atoms with E-state index in [-0.39, 0.29) is 39.5 Å². The van der Waals surface area contributed by atoms with Crippen LogP contribution in [0.1, 0.15) is 156 Å². The Morgan fingerprint density at radius 1 is 0.592 bits per heavy atom. The van der Waals surface area contributed by atoms with Gasteiger partial charge in [-0.2, -0.15) is 0 Å². The molecule has 0 radical (unpaired) electrons. The van der Waals surface area contributed by atoms with Gasteiger partial charge in [-0.25, -0.2) is 0 Å². The summed E-state index contributed by atoms with van der Waals surface area (Å²) in [5.41, 5.74) is 18.0. The van der Waals surface area contributed by atoms with E-state index in [2.05, 4.69) is 122 Å². The number of fused-ring (bicyclic) bond motifs is 11. The minimum atomic E-state index is 0.0554. The van der Waals surface area contributed by atoms with Crippen LogP contribution in [0, 0.1) is 11.8 Å². The highest BCUT2D eigenvalue weighted by Gasteiger charge is 2.67. The van der Waals surface area contributed by atoms with Gasteiger partial charge in [0.05, 0.1) is 11.1 Å². The fraction of sp³-hybridized carbons (Fsp3) is 0.609. The smallest absolute Gasteiger partial charge is 0.252 e. The summed E-state index contributed by atoms with van der Waals surface area (Å²) in [5, 5.41) is 0. The van der Waals surface area contributed by atoms with E-state index >= 15 is 0 Å². The molecule has 0 aromatic heterocycles. The summed E-state index contributed by atoms with van der Waals surface area (Å²) in [6, 6.07) is 17.9. The summed E-state index contributed by atoms with van der Waals surface area (Å²) < 4.78 is 0. The SMILES string of the molecule is CC(C)(C)c1ccc2c3c1C1(C)CCCCC1(C)N3c1cccc3c1B2c1ccc(C(C)(C)C)c2c1N3C1(C)CC3CCCCC3CC21C. The Labute approximate surface area is 297 Å². The predicted octanol–water partition coefficient (Wildman–Crippen LogP) is 9.93. The molecule has 49 heavy (non-hydrogen) atoms. The van der Waals surface area contributed by atoms with E-state index in [1.807, 2.05) is 0 Å². The molecular formula is C46H59BN2. The number of benzene rings is 3. The highest BCUT2D eigenvalue weighted by Crippen LogP contribution is 2.68. The van der Waals surface area contributed by atoms with Gasteiger partial charge in [0.2, 0.25) is 0 Å². The molecule has 0 bridgehead atoms. The normalized spacial score (nSPS) is 34.9. The second-order valence-electron chi connectivity index (χ2n) is 20.8. The van der Waals surface area contributed by atoms with Gasteiger partial charge in [-0.3, -0.25) is 0 Å². The lowest BCUT2D eigenvalue weighted by atomic mass is 9.33. The summed E-state index contributed by atoms with van der Waals surface area (Å²) >= 11 is 0. The first kappa shape index (κ1) is 31.1. The molecule has 4 heterocycles. The molecule has 6 atom stereocenters. The van der Waals surface area contributed by atoms with Crippen LogP contribution in [0.25, 0.3) is 0 Å². The van der Waals surface area contributed by atoms with Crippen LogP contribution in [0.5, 0.6) is 0 Å². The summed E-state index contributed by atoms with van der Waals surface area (Å²) in [7, 11) is 0. The van der Waals surface area contributed by atoms with Crippen molar-refractivity contribution in [3.05, 3.63) is 64.7 Å². The first-order valence-electron chi connectivity index (χ1n) is 20.2. The molecule has 0 spiro atoms. The first-order valence-corrected chi connectivity index (χ1v) is 20.2. The highest BCUT2D eigenvalue weighted by atomic mass is 15.3. The van der Waals surface area contributed by atoms with Crippen molar-refractivity contribution < 1.29 is 0 Å². The van der Waals surface area contributed by atoms with Gasteiger partial charge in [0.25, 0.3) is 6.71 Å². The lowest BCUT2D eigenvalue weighted by Gasteiger charge is -2.58. The van der Waals surface area contributed by atoms with E-state index in [4.69, 9.17) is 0 Å². The topological polar surface area (TPSA) is 6.48 Å². The minimum absolute atomic E-state index is 0.0554. The van der Waals surface area contributed by atoms with Crippen molar-refractivity contribution in [3.8, 4) is 0 Å². The summed E-state index contributed by atoms with van der Waals surface area (Å²) in [5.74, 6) is 1.71. The average molecular weight is 651 g/mol. The molecule has 2 nitrogen and oxygen atoms in total. The molecule has 0 saturated heterocycles. The Morgan fingerprint density at radius 3 is 1.67 bits per heavy atom. The predicted molar refractivity (Wildman–Crippen MR) is 210 cm³/mol. The zero-order valence-electron chi connectivity index (χ0n) is 32.2. The molecule has 4 aliphatic heterocycles. The monoisotopic (exact) mass is 650 g/mol. The van der Waals surface area contributed by atoms with Crippen molar-refractivity contribution in [3.63, 3.8) is 0 Å². The molecule has 6 unspecified atom stereocenters. The quantitative estimate of drug-likeness (QED) is 0.224. The fourth-order valence-electron chi connectivity index (χ4n) is 13.8. The minimum Gasteiger partial charge on any atom is -0.335 e. The Morgan fingerprint density at radius 2 is 1.10 bits per heavy atom. The summed E-state index contributed by atoms with van der Waals surface area (Å²) in [4.78, 5) is 5.92. The summed E-state index contributed by atoms with van der Waals surface area (Å²) in [6.45, 7) is 25.7. The second kappa shape index (κ2) is 9.21. The number of hydrogen-bond acceptors (Lipinski definition) is 2. The molecule has 0 amide bonds. The standard InChI is InChI=1S/C46H59BN2/c1-41(2,3)30-20-22-32-39-36(30)43(7)24-13-14-25-45(43,9)48(39)34-18-15-19-35-38(34)47(32)33-23-21-31(42(4,5)6)37-40(33)49(35)46(10)27-29-17-12-11-16-28(29)26-44(37,46)8/h15,18-23,28-29H,11-14,16-17,24-27H2,1-10H3. The van der Waals surface area contributed by atoms with Gasteiger partial charge in [0.15, 0.2) is 0 Å². The zero-order valence-corrected chi connectivity index (χ0v) is 32.2. The van der Waals surface area contributed by atoms with E-state index in [0.29, 0.717) is 0 Å². The Balaban J connectivity index is 1.32. The fourth-order valence-corrected chi connectivity index (χ4v) is 13.8. The Kier molecular flexibility index (Phi) is 5.84. The maximum absolute atomic E-state index is 2.99. The van der Waals surface area contributed by atoms with Gasteiger partial charge in [-0.05, 0) is 113 Å². The third kappa shape index (κ3) is 3.44. The number of rotatable bonds is 0. The Bertz CT molecular complexity index is 1960. The lowest BCUT2D eigenvalue weighted by molar-refractivity contribution is 0.0574. The van der Waals surface area contributed by atoms with Crippen LogP contribution in [0.4, 0.5) is 22.7 Å². The van der Waals surface area contributed by atoms with E-state index in [9.17, 15) is 0 Å². The van der Waals surface area contributed by atoms with Gasteiger partial charge < -0.3 is 9.80 Å². The third-order valence-electron chi connectivity index (χ3n) is 16.4. The molecule has 3 saturated carbocycles. The van der Waals surface area contributed by atoms with Crippen LogP contribution >= 0.6 is 0 Å². The van der Waals surface area contributed by atoms with Gasteiger partial charge in [0.1, 0.15) is 0 Å². The third-order valence-corrected chi connectivity index (χ3v) is 16.4. The van der Waals surface area contributed by atoms with Crippen molar-refractivity contribution in [2.75, 3.05) is 9.80 Å². The van der Waals surface area contributed by atoms with Crippen LogP contribution < -0.4 is 26.2 Å². The number of hydrogen-bond donors (Lipinski definition) is 0.